The number of nitrogens with one attached hydrogen (secondary N) is 3. The number of rotatable bonds is 7. The summed E-state index contributed by atoms with van der Waals surface area (Å²) >= 11 is 0. The fourth-order valence-electron chi connectivity index (χ4n) is 4.04. The van der Waals surface area contributed by atoms with Crippen molar-refractivity contribution >= 4 is 23.5 Å². The van der Waals surface area contributed by atoms with Crippen molar-refractivity contribution in [3.8, 4) is 0 Å². The summed E-state index contributed by atoms with van der Waals surface area (Å²) in [4.78, 5) is 41.0. The zero-order chi connectivity index (χ0) is 28.0. The van der Waals surface area contributed by atoms with Crippen LogP contribution < -0.4 is 16.0 Å². The van der Waals surface area contributed by atoms with Gasteiger partial charge >= 0.3 is 6.03 Å². The van der Waals surface area contributed by atoms with Crippen LogP contribution >= 0.6 is 0 Å². The number of anilines is 1. The Morgan fingerprint density at radius 2 is 1.66 bits per heavy atom. The zero-order valence-electron chi connectivity index (χ0n) is 22.7. The van der Waals surface area contributed by atoms with Gasteiger partial charge in [-0.15, -0.1) is 0 Å². The molecule has 1 heterocycles. The molecule has 2 aromatic rings. The molecule has 0 radical (unpaired) electrons. The van der Waals surface area contributed by atoms with Crippen molar-refractivity contribution in [1.82, 2.24) is 20.4 Å². The Balaban J connectivity index is 1.57. The number of piperazine rings is 1. The fraction of sp³-hybridized carbons (Fsp3) is 0.464. The second kappa shape index (κ2) is 12.3. The maximum atomic E-state index is 14.8. The normalized spacial score (nSPS) is 14.4. The largest absolute Gasteiger partial charge is 0.347 e. The van der Waals surface area contributed by atoms with E-state index < -0.39 is 23.6 Å². The van der Waals surface area contributed by atoms with Crippen molar-refractivity contribution in [3.63, 3.8) is 0 Å². The van der Waals surface area contributed by atoms with Gasteiger partial charge in [-0.3, -0.25) is 14.5 Å². The van der Waals surface area contributed by atoms with E-state index in [1.165, 1.54) is 17.0 Å². The van der Waals surface area contributed by atoms with Gasteiger partial charge in [0.25, 0.3) is 11.8 Å². The number of urea groups is 1. The average Bonchev–Trinajstić information content (AvgIpc) is 2.85. The van der Waals surface area contributed by atoms with Gasteiger partial charge in [-0.1, -0.05) is 26.0 Å². The Morgan fingerprint density at radius 3 is 2.29 bits per heavy atom. The summed E-state index contributed by atoms with van der Waals surface area (Å²) in [5, 5.41) is 7.80. The first-order valence-corrected chi connectivity index (χ1v) is 12.8. The molecule has 0 spiro atoms. The Morgan fingerprint density at radius 1 is 0.974 bits per heavy atom. The molecule has 2 aromatic carbocycles. The second-order valence-electron chi connectivity index (χ2n) is 11.0. The molecule has 1 aliphatic rings. The molecular weight excluding hydrogens is 492 g/mol. The minimum absolute atomic E-state index is 0.138. The van der Waals surface area contributed by atoms with E-state index in [-0.39, 0.29) is 28.6 Å². The lowest BCUT2D eigenvalue weighted by Crippen LogP contribution is -2.48. The van der Waals surface area contributed by atoms with Gasteiger partial charge in [-0.25, -0.2) is 13.6 Å². The molecule has 1 fully saturated rings. The van der Waals surface area contributed by atoms with E-state index in [4.69, 9.17) is 0 Å². The number of nitrogens with zero attached hydrogens (tertiary/aromatic N) is 2. The van der Waals surface area contributed by atoms with E-state index in [2.05, 4.69) is 20.9 Å². The van der Waals surface area contributed by atoms with Crippen LogP contribution in [0.3, 0.4) is 0 Å². The van der Waals surface area contributed by atoms with Crippen molar-refractivity contribution in [2.45, 2.75) is 46.7 Å². The number of halogens is 2. The predicted molar refractivity (Wildman–Crippen MR) is 143 cm³/mol. The summed E-state index contributed by atoms with van der Waals surface area (Å²) in [6.07, 6.45) is 0. The van der Waals surface area contributed by atoms with E-state index in [1.54, 1.807) is 6.07 Å². The molecule has 3 N–H and O–H groups in total. The molecule has 1 saturated heterocycles. The van der Waals surface area contributed by atoms with E-state index in [0.29, 0.717) is 44.8 Å². The molecule has 206 valence electrons. The molecule has 3 rings (SSSR count). The van der Waals surface area contributed by atoms with E-state index in [9.17, 15) is 23.2 Å². The average molecular weight is 530 g/mol. The number of carbonyl (C=O) groups excluding carboxylic acids is 3. The number of benzene rings is 2. The van der Waals surface area contributed by atoms with Gasteiger partial charge < -0.3 is 20.9 Å². The maximum absolute atomic E-state index is 14.8. The van der Waals surface area contributed by atoms with Crippen LogP contribution in [0.15, 0.2) is 36.4 Å². The lowest BCUT2D eigenvalue weighted by atomic mass is 10.1. The number of hydrogen-bond acceptors (Lipinski definition) is 4. The van der Waals surface area contributed by atoms with Crippen molar-refractivity contribution in [1.29, 1.82) is 0 Å². The Labute approximate surface area is 222 Å². The molecule has 4 amide bonds. The highest BCUT2D eigenvalue weighted by Crippen LogP contribution is 2.23. The molecule has 0 saturated carbocycles. The molecule has 10 heteroatoms. The highest BCUT2D eigenvalue weighted by Gasteiger charge is 2.27. The van der Waals surface area contributed by atoms with Crippen LogP contribution in [0.2, 0.25) is 0 Å². The summed E-state index contributed by atoms with van der Waals surface area (Å²) < 4.78 is 29.4. The van der Waals surface area contributed by atoms with E-state index >= 15 is 0 Å². The lowest BCUT2D eigenvalue weighted by Gasteiger charge is -2.35. The maximum Gasteiger partial charge on any atom is 0.319 e. The minimum atomic E-state index is -1.29. The zero-order valence-corrected chi connectivity index (χ0v) is 22.7. The highest BCUT2D eigenvalue weighted by atomic mass is 19.2. The topological polar surface area (TPSA) is 93.8 Å². The van der Waals surface area contributed by atoms with Crippen molar-refractivity contribution in [2.75, 3.05) is 38.0 Å². The first-order valence-electron chi connectivity index (χ1n) is 12.8. The van der Waals surface area contributed by atoms with Gasteiger partial charge in [0.05, 0.1) is 11.3 Å². The number of hydrogen-bond donors (Lipinski definition) is 3. The smallest absolute Gasteiger partial charge is 0.319 e. The Hall–Kier alpha value is -3.53. The van der Waals surface area contributed by atoms with Crippen LogP contribution in [0.4, 0.5) is 19.3 Å². The second-order valence-corrected chi connectivity index (χ2v) is 11.0. The monoisotopic (exact) mass is 529 g/mol. The van der Waals surface area contributed by atoms with Gasteiger partial charge in [0.1, 0.15) is 0 Å². The molecule has 1 aliphatic heterocycles. The molecular formula is C28H37F2N5O3. The molecule has 0 unspecified atom stereocenters. The van der Waals surface area contributed by atoms with Crippen LogP contribution in [-0.2, 0) is 6.54 Å². The number of amides is 4. The molecule has 8 nitrogen and oxygen atoms in total. The lowest BCUT2D eigenvalue weighted by molar-refractivity contribution is 0.0622. The summed E-state index contributed by atoms with van der Waals surface area (Å²) in [5.74, 6) is -3.10. The van der Waals surface area contributed by atoms with Gasteiger partial charge in [0, 0.05) is 50.4 Å². The van der Waals surface area contributed by atoms with Gasteiger partial charge in [-0.05, 0) is 56.5 Å². The summed E-state index contributed by atoms with van der Waals surface area (Å²) in [5.41, 5.74) is 0.515. The third-order valence-corrected chi connectivity index (χ3v) is 5.98. The van der Waals surface area contributed by atoms with Crippen molar-refractivity contribution in [2.24, 2.45) is 5.92 Å². The van der Waals surface area contributed by atoms with Crippen LogP contribution in [0.5, 0.6) is 0 Å². The Bertz CT molecular complexity index is 1170. The number of carbonyl (C=O) groups is 3. The van der Waals surface area contributed by atoms with Crippen LogP contribution in [0, 0.1) is 17.6 Å². The third kappa shape index (κ3) is 7.98. The first-order chi connectivity index (χ1) is 17.8. The first kappa shape index (κ1) is 29.0. The molecule has 0 atom stereocenters. The summed E-state index contributed by atoms with van der Waals surface area (Å²) in [6.45, 7) is 12.4. The predicted octanol–water partition coefficient (Wildman–Crippen LogP) is 4.23. The van der Waals surface area contributed by atoms with E-state index in [0.717, 1.165) is 5.56 Å². The molecule has 0 aromatic heterocycles. The third-order valence-electron chi connectivity index (χ3n) is 5.98. The van der Waals surface area contributed by atoms with Gasteiger partial charge in [0.2, 0.25) is 0 Å². The van der Waals surface area contributed by atoms with Crippen molar-refractivity contribution in [3.05, 3.63) is 64.7 Å². The van der Waals surface area contributed by atoms with Crippen LogP contribution in [0.25, 0.3) is 0 Å². The quantitative estimate of drug-likeness (QED) is 0.501. The SMILES string of the molecule is CC(C)CNC(=O)Nc1ccc(C(=O)N2CCN(Cc3cccc(C(=O)NC(C)(C)C)c3)CC2)c(F)c1F. The van der Waals surface area contributed by atoms with Crippen LogP contribution in [0.1, 0.15) is 60.9 Å². The molecule has 0 bridgehead atoms. The standard InChI is InChI=1S/C28H37F2N5O3/c1-18(2)16-31-27(38)32-22-10-9-21(23(29)24(22)30)26(37)35-13-11-34(12-14-35)17-19-7-6-8-20(15-19)25(36)33-28(3,4)5/h6-10,15,18H,11-14,16-17H2,1-5H3,(H,33,36)(H2,31,32,38). The van der Waals surface area contributed by atoms with Gasteiger partial charge in [0.15, 0.2) is 11.6 Å². The van der Waals surface area contributed by atoms with E-state index in [1.807, 2.05) is 52.8 Å². The van der Waals surface area contributed by atoms with Crippen LogP contribution in [-0.4, -0.2) is 65.9 Å². The Kier molecular flexibility index (Phi) is 9.43. The van der Waals surface area contributed by atoms with Crippen molar-refractivity contribution < 1.29 is 23.2 Å². The molecule has 0 aliphatic carbocycles. The van der Waals surface area contributed by atoms with Gasteiger partial charge in [-0.2, -0.15) is 0 Å². The summed E-state index contributed by atoms with van der Waals surface area (Å²) in [7, 11) is 0. The highest BCUT2D eigenvalue weighted by molar-refractivity contribution is 5.96. The molecule has 38 heavy (non-hydrogen) atoms. The summed E-state index contributed by atoms with van der Waals surface area (Å²) in [6, 6.07) is 9.16. The minimum Gasteiger partial charge on any atom is -0.347 e. The fourth-order valence-corrected chi connectivity index (χ4v) is 4.04.